The van der Waals surface area contributed by atoms with Gasteiger partial charge in [0.1, 0.15) is 18.1 Å². The van der Waals surface area contributed by atoms with E-state index >= 15 is 0 Å². The number of benzene rings is 3. The zero-order chi connectivity index (χ0) is 27.1. The number of hydrogen-bond donors (Lipinski definition) is 2. The van der Waals surface area contributed by atoms with E-state index in [-0.39, 0.29) is 34.1 Å². The van der Waals surface area contributed by atoms with Crippen LogP contribution in [0.25, 0.3) is 0 Å². The van der Waals surface area contributed by atoms with Gasteiger partial charge in [-0.2, -0.15) is 0 Å². The molecule has 196 valence electrons. The molecule has 0 aliphatic rings. The van der Waals surface area contributed by atoms with Gasteiger partial charge in [-0.15, -0.1) is 0 Å². The number of ether oxygens (including phenoxy) is 1. The van der Waals surface area contributed by atoms with E-state index in [9.17, 15) is 18.0 Å². The first-order chi connectivity index (χ1) is 18.3. The maximum absolute atomic E-state index is 13.7. The van der Waals surface area contributed by atoms with Gasteiger partial charge in [-0.05, 0) is 55.5 Å². The highest BCUT2D eigenvalue weighted by Gasteiger charge is 2.29. The van der Waals surface area contributed by atoms with Crippen LogP contribution in [0.2, 0.25) is 0 Å². The van der Waals surface area contributed by atoms with Gasteiger partial charge in [0.25, 0.3) is 15.9 Å². The fourth-order valence-electron chi connectivity index (χ4n) is 3.76. The van der Waals surface area contributed by atoms with Crippen molar-refractivity contribution in [2.45, 2.75) is 18.4 Å². The summed E-state index contributed by atoms with van der Waals surface area (Å²) in [6.07, 6.45) is 1.51. The molecule has 9 nitrogen and oxygen atoms in total. The maximum Gasteiger partial charge on any atom is 0.264 e. The first-order valence-corrected chi connectivity index (χ1v) is 13.2. The number of carbonyl (C=O) groups is 2. The second-order valence-electron chi connectivity index (χ2n) is 8.35. The molecule has 0 aliphatic heterocycles. The number of para-hydroxylation sites is 3. The van der Waals surface area contributed by atoms with Crippen molar-refractivity contribution >= 4 is 33.2 Å². The van der Waals surface area contributed by atoms with Crippen molar-refractivity contribution in [1.29, 1.82) is 0 Å². The third-order valence-electron chi connectivity index (χ3n) is 5.70. The zero-order valence-corrected chi connectivity index (χ0v) is 21.7. The van der Waals surface area contributed by atoms with Gasteiger partial charge in [0.2, 0.25) is 5.91 Å². The van der Waals surface area contributed by atoms with Crippen LogP contribution in [0.3, 0.4) is 0 Å². The first kappa shape index (κ1) is 26.5. The number of furan rings is 1. The minimum absolute atomic E-state index is 0.0273. The normalized spacial score (nSPS) is 11.0. The molecule has 0 radical (unpaired) electrons. The largest absolute Gasteiger partial charge is 0.495 e. The molecule has 0 bridgehead atoms. The van der Waals surface area contributed by atoms with Crippen LogP contribution in [0.5, 0.6) is 5.75 Å². The molecule has 3 aromatic carbocycles. The molecule has 0 unspecified atom stereocenters. The minimum atomic E-state index is -4.15. The smallest absolute Gasteiger partial charge is 0.264 e. The Morgan fingerprint density at radius 2 is 1.63 bits per heavy atom. The van der Waals surface area contributed by atoms with E-state index < -0.39 is 28.4 Å². The Morgan fingerprint density at radius 3 is 2.34 bits per heavy atom. The van der Waals surface area contributed by atoms with Gasteiger partial charge in [0, 0.05) is 0 Å². The molecule has 1 heterocycles. The molecule has 0 saturated carbocycles. The Hall–Kier alpha value is -4.57. The second-order valence-corrected chi connectivity index (χ2v) is 10.2. The SMILES string of the molecule is COc1ccccc1N(CC(=O)Nc1ccccc1C(=O)NCc1ccco1)S(=O)(=O)c1ccc(C)cc1. The lowest BCUT2D eigenvalue weighted by Crippen LogP contribution is -2.38. The number of sulfonamides is 1. The van der Waals surface area contributed by atoms with Crippen LogP contribution in [0.15, 0.2) is 101 Å². The van der Waals surface area contributed by atoms with Gasteiger partial charge in [-0.25, -0.2) is 8.42 Å². The molecule has 0 spiro atoms. The Morgan fingerprint density at radius 1 is 0.921 bits per heavy atom. The van der Waals surface area contributed by atoms with Crippen LogP contribution in [0.1, 0.15) is 21.7 Å². The van der Waals surface area contributed by atoms with Crippen LogP contribution >= 0.6 is 0 Å². The number of nitrogens with zero attached hydrogens (tertiary/aromatic N) is 1. The van der Waals surface area contributed by atoms with E-state index in [0.717, 1.165) is 9.87 Å². The van der Waals surface area contributed by atoms with Crippen molar-refractivity contribution < 1.29 is 27.2 Å². The van der Waals surface area contributed by atoms with Crippen molar-refractivity contribution in [3.05, 3.63) is 108 Å². The third-order valence-corrected chi connectivity index (χ3v) is 7.47. The number of nitrogens with one attached hydrogen (secondary N) is 2. The van der Waals surface area contributed by atoms with Crippen LogP contribution in [-0.4, -0.2) is 33.9 Å². The highest BCUT2D eigenvalue weighted by molar-refractivity contribution is 7.92. The molecule has 0 aliphatic carbocycles. The summed E-state index contributed by atoms with van der Waals surface area (Å²) in [5.41, 5.74) is 1.56. The second kappa shape index (κ2) is 11.7. The number of carbonyl (C=O) groups excluding carboxylic acids is 2. The third kappa shape index (κ3) is 6.04. The number of rotatable bonds is 10. The fourth-order valence-corrected chi connectivity index (χ4v) is 5.19. The lowest BCUT2D eigenvalue weighted by Gasteiger charge is -2.26. The van der Waals surface area contributed by atoms with Crippen LogP contribution < -0.4 is 19.7 Å². The summed E-state index contributed by atoms with van der Waals surface area (Å²) in [6.45, 7) is 1.47. The molecule has 4 rings (SSSR count). The van der Waals surface area contributed by atoms with Gasteiger partial charge >= 0.3 is 0 Å². The molecule has 10 heteroatoms. The average molecular weight is 534 g/mol. The standard InChI is InChI=1S/C28H27N3O6S/c1-20-13-15-22(16-14-20)38(34,35)31(25-11-5-6-12-26(25)36-2)19-27(32)30-24-10-4-3-9-23(24)28(33)29-18-21-8-7-17-37-21/h3-17H,18-19H2,1-2H3,(H,29,33)(H,30,32). The number of hydrogen-bond acceptors (Lipinski definition) is 6. The molecule has 2 amide bonds. The minimum Gasteiger partial charge on any atom is -0.495 e. The Bertz CT molecular complexity index is 1520. The number of aryl methyl sites for hydroxylation is 1. The fraction of sp³-hybridized carbons (Fsp3) is 0.143. The molecule has 0 saturated heterocycles. The monoisotopic (exact) mass is 533 g/mol. The molecule has 0 atom stereocenters. The van der Waals surface area contributed by atoms with Crippen LogP contribution in [0.4, 0.5) is 11.4 Å². The Kier molecular flexibility index (Phi) is 8.12. The summed E-state index contributed by atoms with van der Waals surface area (Å²) in [5.74, 6) is -0.202. The van der Waals surface area contributed by atoms with E-state index in [1.807, 2.05) is 6.92 Å². The maximum atomic E-state index is 13.7. The Balaban J connectivity index is 1.60. The van der Waals surface area contributed by atoms with Crippen molar-refractivity contribution in [3.8, 4) is 5.75 Å². The van der Waals surface area contributed by atoms with Crippen molar-refractivity contribution in [2.24, 2.45) is 0 Å². The zero-order valence-electron chi connectivity index (χ0n) is 20.9. The van der Waals surface area contributed by atoms with Crippen LogP contribution in [0, 0.1) is 6.92 Å². The molecule has 38 heavy (non-hydrogen) atoms. The summed E-state index contributed by atoms with van der Waals surface area (Å²) in [7, 11) is -2.72. The van der Waals surface area contributed by atoms with Gasteiger partial charge in [-0.1, -0.05) is 42.0 Å². The van der Waals surface area contributed by atoms with E-state index in [1.54, 1.807) is 72.8 Å². The number of amides is 2. The predicted octanol–water partition coefficient (Wildman–Crippen LogP) is 4.36. The molecule has 2 N–H and O–H groups in total. The van der Waals surface area contributed by atoms with Gasteiger partial charge in [0.05, 0.1) is 41.8 Å². The van der Waals surface area contributed by atoms with E-state index in [4.69, 9.17) is 9.15 Å². The van der Waals surface area contributed by atoms with Crippen molar-refractivity contribution in [3.63, 3.8) is 0 Å². The lowest BCUT2D eigenvalue weighted by molar-refractivity contribution is -0.114. The quantitative estimate of drug-likeness (QED) is 0.313. The van der Waals surface area contributed by atoms with Crippen molar-refractivity contribution in [2.75, 3.05) is 23.3 Å². The summed E-state index contributed by atoms with van der Waals surface area (Å²) in [6, 6.07) is 22.8. The number of anilines is 2. The topological polar surface area (TPSA) is 118 Å². The lowest BCUT2D eigenvalue weighted by atomic mass is 10.1. The highest BCUT2D eigenvalue weighted by atomic mass is 32.2. The van der Waals surface area contributed by atoms with E-state index in [1.165, 1.54) is 25.5 Å². The van der Waals surface area contributed by atoms with E-state index in [0.29, 0.717) is 5.76 Å². The Labute approximate surface area is 221 Å². The summed E-state index contributed by atoms with van der Waals surface area (Å²) in [4.78, 5) is 26.1. The van der Waals surface area contributed by atoms with E-state index in [2.05, 4.69) is 10.6 Å². The predicted molar refractivity (Wildman–Crippen MR) is 144 cm³/mol. The van der Waals surface area contributed by atoms with Crippen molar-refractivity contribution in [1.82, 2.24) is 5.32 Å². The van der Waals surface area contributed by atoms with Crippen LogP contribution in [-0.2, 0) is 21.4 Å². The molecule has 4 aromatic rings. The molecule has 0 fully saturated rings. The van der Waals surface area contributed by atoms with Gasteiger partial charge in [-0.3, -0.25) is 13.9 Å². The average Bonchev–Trinajstić information content (AvgIpc) is 3.45. The molecular formula is C28H27N3O6S. The highest BCUT2D eigenvalue weighted by Crippen LogP contribution is 2.32. The summed E-state index contributed by atoms with van der Waals surface area (Å²) < 4.78 is 39.0. The summed E-state index contributed by atoms with van der Waals surface area (Å²) >= 11 is 0. The van der Waals surface area contributed by atoms with Gasteiger partial charge < -0.3 is 19.8 Å². The first-order valence-electron chi connectivity index (χ1n) is 11.7. The molecular weight excluding hydrogens is 506 g/mol. The van der Waals surface area contributed by atoms with Gasteiger partial charge in [0.15, 0.2) is 0 Å². The summed E-state index contributed by atoms with van der Waals surface area (Å²) in [5, 5.41) is 5.43. The number of methoxy groups -OCH3 is 1. The molecule has 1 aromatic heterocycles.